The summed E-state index contributed by atoms with van der Waals surface area (Å²) in [6.45, 7) is 6.62. The van der Waals surface area contributed by atoms with Crippen LogP contribution in [0, 0.1) is 0 Å². The summed E-state index contributed by atoms with van der Waals surface area (Å²) in [5, 5.41) is 0. The van der Waals surface area contributed by atoms with Crippen molar-refractivity contribution in [2.45, 2.75) is 309 Å². The molecule has 0 bridgehead atoms. The summed E-state index contributed by atoms with van der Waals surface area (Å²) in [5.41, 5.74) is 0. The number of esters is 3. The Morgan fingerprint density at radius 1 is 0.308 bits per heavy atom. The average Bonchev–Trinajstić information content (AvgIpc) is 3.30. The number of unbranched alkanes of at least 4 members (excludes halogenated alkanes) is 35. The molecule has 1 unspecified atom stereocenters. The molecule has 0 aromatic rings. The molecule has 0 aliphatic rings. The van der Waals surface area contributed by atoms with E-state index in [1.165, 1.54) is 186 Å². The molecule has 380 valence electrons. The van der Waals surface area contributed by atoms with Crippen molar-refractivity contribution in [3.63, 3.8) is 0 Å². The second kappa shape index (κ2) is 54.2. The number of carbonyl (C=O) groups is 3. The molecular weight excluding hydrogens is 805 g/mol. The van der Waals surface area contributed by atoms with Crippen LogP contribution in [0.15, 0.2) is 36.5 Å². The van der Waals surface area contributed by atoms with Crippen LogP contribution in [0.4, 0.5) is 0 Å². The zero-order chi connectivity index (χ0) is 47.2. The van der Waals surface area contributed by atoms with Gasteiger partial charge in [-0.1, -0.05) is 263 Å². The number of carbonyl (C=O) groups excluding carboxylic acids is 3. The van der Waals surface area contributed by atoms with Gasteiger partial charge in [0.05, 0.1) is 0 Å². The molecule has 0 saturated carbocycles. The molecule has 65 heavy (non-hydrogen) atoms. The Balaban J connectivity index is 4.18. The molecule has 0 heterocycles. The predicted molar refractivity (Wildman–Crippen MR) is 279 cm³/mol. The molecule has 0 aliphatic heterocycles. The van der Waals surface area contributed by atoms with Gasteiger partial charge in [0, 0.05) is 19.3 Å². The number of ether oxygens (including phenoxy) is 3. The number of hydrogen-bond donors (Lipinski definition) is 0. The summed E-state index contributed by atoms with van der Waals surface area (Å²) < 4.78 is 16.8. The first-order chi connectivity index (χ1) is 32.0. The van der Waals surface area contributed by atoms with Crippen LogP contribution in [0.25, 0.3) is 0 Å². The topological polar surface area (TPSA) is 78.9 Å². The van der Waals surface area contributed by atoms with Gasteiger partial charge in [-0.3, -0.25) is 14.4 Å². The monoisotopic (exact) mass is 913 g/mol. The zero-order valence-corrected chi connectivity index (χ0v) is 43.5. The summed E-state index contributed by atoms with van der Waals surface area (Å²) in [6, 6.07) is 0. The third-order valence-electron chi connectivity index (χ3n) is 12.6. The Kier molecular flexibility index (Phi) is 52.3. The predicted octanol–water partition coefficient (Wildman–Crippen LogP) is 18.9. The lowest BCUT2D eigenvalue weighted by Gasteiger charge is -2.18. The number of allylic oxidation sites excluding steroid dienone is 6. The molecule has 0 aromatic carbocycles. The average molecular weight is 914 g/mol. The summed E-state index contributed by atoms with van der Waals surface area (Å²) in [4.78, 5) is 37.9. The molecule has 6 heteroatoms. The van der Waals surface area contributed by atoms with Gasteiger partial charge in [-0.2, -0.15) is 0 Å². The highest BCUT2D eigenvalue weighted by atomic mass is 16.6. The highest BCUT2D eigenvalue weighted by Crippen LogP contribution is 2.16. The SMILES string of the molecule is CCCCCCC/C=C\C/C=C\C/C=C\CCCCCCCCCCC(=O)OCC(COC(=O)CCCCCCCCC)OC(=O)CCCCCCCCCCCCCCCCCCC. The van der Waals surface area contributed by atoms with Gasteiger partial charge in [0.2, 0.25) is 0 Å². The summed E-state index contributed by atoms with van der Waals surface area (Å²) in [5.74, 6) is -0.869. The molecule has 0 radical (unpaired) electrons. The lowest BCUT2D eigenvalue weighted by atomic mass is 10.0. The quantitative estimate of drug-likeness (QED) is 0.0262. The minimum atomic E-state index is -0.769. The van der Waals surface area contributed by atoms with Gasteiger partial charge in [0.1, 0.15) is 13.2 Å². The molecule has 0 amide bonds. The maximum Gasteiger partial charge on any atom is 0.306 e. The molecule has 0 N–H and O–H groups in total. The van der Waals surface area contributed by atoms with Crippen LogP contribution in [0.2, 0.25) is 0 Å². The molecule has 0 aromatic heterocycles. The highest BCUT2D eigenvalue weighted by molar-refractivity contribution is 5.71. The van der Waals surface area contributed by atoms with Crippen molar-refractivity contribution in [2.75, 3.05) is 13.2 Å². The maximum atomic E-state index is 12.8. The summed E-state index contributed by atoms with van der Waals surface area (Å²) in [7, 11) is 0. The van der Waals surface area contributed by atoms with Crippen LogP contribution in [-0.4, -0.2) is 37.2 Å². The van der Waals surface area contributed by atoms with Crippen molar-refractivity contribution < 1.29 is 28.6 Å². The van der Waals surface area contributed by atoms with Crippen molar-refractivity contribution in [1.29, 1.82) is 0 Å². The van der Waals surface area contributed by atoms with Crippen LogP contribution < -0.4 is 0 Å². The zero-order valence-electron chi connectivity index (χ0n) is 43.5. The normalized spacial score (nSPS) is 12.2. The van der Waals surface area contributed by atoms with Gasteiger partial charge in [-0.05, 0) is 57.8 Å². The van der Waals surface area contributed by atoms with E-state index in [4.69, 9.17) is 14.2 Å². The van der Waals surface area contributed by atoms with E-state index in [9.17, 15) is 14.4 Å². The maximum absolute atomic E-state index is 12.8. The Bertz CT molecular complexity index is 1090. The summed E-state index contributed by atoms with van der Waals surface area (Å²) >= 11 is 0. The van der Waals surface area contributed by atoms with E-state index in [1.807, 2.05) is 0 Å². The van der Waals surface area contributed by atoms with Crippen molar-refractivity contribution in [1.82, 2.24) is 0 Å². The van der Waals surface area contributed by atoms with Crippen molar-refractivity contribution in [3.8, 4) is 0 Å². The molecule has 0 fully saturated rings. The Morgan fingerprint density at radius 3 is 0.862 bits per heavy atom. The van der Waals surface area contributed by atoms with Gasteiger partial charge < -0.3 is 14.2 Å². The first kappa shape index (κ1) is 62.6. The van der Waals surface area contributed by atoms with Crippen molar-refractivity contribution in [3.05, 3.63) is 36.5 Å². The third-order valence-corrected chi connectivity index (χ3v) is 12.6. The van der Waals surface area contributed by atoms with E-state index < -0.39 is 6.10 Å². The van der Waals surface area contributed by atoms with Crippen LogP contribution in [0.1, 0.15) is 303 Å². The Morgan fingerprint density at radius 2 is 0.554 bits per heavy atom. The second-order valence-corrected chi connectivity index (χ2v) is 19.2. The van der Waals surface area contributed by atoms with Crippen LogP contribution in [0.3, 0.4) is 0 Å². The Hall–Kier alpha value is -2.37. The molecular formula is C59H108O6. The molecule has 0 saturated heterocycles. The lowest BCUT2D eigenvalue weighted by molar-refractivity contribution is -0.167. The second-order valence-electron chi connectivity index (χ2n) is 19.2. The van der Waals surface area contributed by atoms with Crippen LogP contribution >= 0.6 is 0 Å². The largest absolute Gasteiger partial charge is 0.462 e. The number of rotatable bonds is 52. The van der Waals surface area contributed by atoms with E-state index >= 15 is 0 Å². The van der Waals surface area contributed by atoms with Gasteiger partial charge in [-0.15, -0.1) is 0 Å². The van der Waals surface area contributed by atoms with Gasteiger partial charge >= 0.3 is 17.9 Å². The molecule has 1 atom stereocenters. The smallest absolute Gasteiger partial charge is 0.306 e. The molecule has 6 nitrogen and oxygen atoms in total. The fourth-order valence-electron chi connectivity index (χ4n) is 8.33. The van der Waals surface area contributed by atoms with Gasteiger partial charge in [-0.25, -0.2) is 0 Å². The van der Waals surface area contributed by atoms with Crippen LogP contribution in [0.5, 0.6) is 0 Å². The van der Waals surface area contributed by atoms with Gasteiger partial charge in [0.25, 0.3) is 0 Å². The standard InChI is InChI=1S/C59H108O6/c1-4-7-10-13-16-18-20-22-24-26-27-28-29-30-31-33-34-36-38-40-43-46-49-52-58(61)64-55-56(54-63-57(60)51-48-45-42-15-12-9-6-3)65-59(62)53-50-47-44-41-39-37-35-32-25-23-21-19-17-14-11-8-5-2/h20,22,26-27,29-30,56H,4-19,21,23-25,28,31-55H2,1-3H3/b22-20-,27-26-,30-29-. The first-order valence-electron chi connectivity index (χ1n) is 28.5. The van der Waals surface area contributed by atoms with Gasteiger partial charge in [0.15, 0.2) is 6.10 Å². The molecule has 0 rings (SSSR count). The molecule has 0 aliphatic carbocycles. The van der Waals surface area contributed by atoms with E-state index in [1.54, 1.807) is 0 Å². The molecule has 0 spiro atoms. The van der Waals surface area contributed by atoms with Crippen LogP contribution in [-0.2, 0) is 28.6 Å². The van der Waals surface area contributed by atoms with E-state index in [2.05, 4.69) is 57.2 Å². The van der Waals surface area contributed by atoms with E-state index in [-0.39, 0.29) is 31.1 Å². The fraction of sp³-hybridized carbons (Fsp3) is 0.847. The van der Waals surface area contributed by atoms with Crippen molar-refractivity contribution >= 4 is 17.9 Å². The number of hydrogen-bond acceptors (Lipinski definition) is 6. The first-order valence-corrected chi connectivity index (χ1v) is 28.5. The minimum absolute atomic E-state index is 0.0710. The fourth-order valence-corrected chi connectivity index (χ4v) is 8.33. The third kappa shape index (κ3) is 52.5. The van der Waals surface area contributed by atoms with E-state index in [0.717, 1.165) is 77.0 Å². The Labute approximate surface area is 404 Å². The van der Waals surface area contributed by atoms with E-state index in [0.29, 0.717) is 19.3 Å². The lowest BCUT2D eigenvalue weighted by Crippen LogP contribution is -2.30. The summed E-state index contributed by atoms with van der Waals surface area (Å²) in [6.07, 6.45) is 64.4. The van der Waals surface area contributed by atoms with Crippen molar-refractivity contribution in [2.24, 2.45) is 0 Å². The highest BCUT2D eigenvalue weighted by Gasteiger charge is 2.19. The minimum Gasteiger partial charge on any atom is -0.462 e.